The average Bonchev–Trinajstić information content (AvgIpc) is 3.31. The van der Waals surface area contributed by atoms with E-state index in [0.29, 0.717) is 28.9 Å². The molecular formula is C21H25BrN4O5S2. The van der Waals surface area contributed by atoms with E-state index in [-0.39, 0.29) is 21.9 Å². The average molecular weight is 557 g/mol. The second-order valence-corrected chi connectivity index (χ2v) is 10.1. The predicted molar refractivity (Wildman–Crippen MR) is 133 cm³/mol. The quantitative estimate of drug-likeness (QED) is 0.289. The molecule has 1 aliphatic rings. The van der Waals surface area contributed by atoms with Crippen LogP contribution in [-0.2, 0) is 14.8 Å². The largest absolute Gasteiger partial charge is 0.492 e. The Morgan fingerprint density at radius 2 is 1.97 bits per heavy atom. The SMILES string of the molecule is CCOc1ccc(Br)cc1S(=O)(=O)Nc1ccc(C(=O)NNC(=S)NC[C@H]2CCCO2)cc1. The highest BCUT2D eigenvalue weighted by molar-refractivity contribution is 9.10. The number of anilines is 1. The number of sulfonamides is 1. The Kier molecular flexibility index (Phi) is 8.89. The molecule has 1 heterocycles. The van der Waals surface area contributed by atoms with Gasteiger partial charge in [0.1, 0.15) is 10.6 Å². The number of thiocarbonyl (C=S) groups is 1. The maximum atomic E-state index is 12.9. The first-order valence-corrected chi connectivity index (χ1v) is 13.0. The molecule has 1 fully saturated rings. The van der Waals surface area contributed by atoms with Crippen molar-refractivity contribution < 1.29 is 22.7 Å². The van der Waals surface area contributed by atoms with E-state index in [0.717, 1.165) is 19.4 Å². The summed E-state index contributed by atoms with van der Waals surface area (Å²) < 4.78 is 39.8. The Balaban J connectivity index is 1.56. The summed E-state index contributed by atoms with van der Waals surface area (Å²) in [4.78, 5) is 12.3. The van der Waals surface area contributed by atoms with Gasteiger partial charge in [0.25, 0.3) is 15.9 Å². The second kappa shape index (κ2) is 11.6. The topological polar surface area (TPSA) is 118 Å². The van der Waals surface area contributed by atoms with Gasteiger partial charge in [0, 0.05) is 28.9 Å². The summed E-state index contributed by atoms with van der Waals surface area (Å²) >= 11 is 8.42. The van der Waals surface area contributed by atoms with Crippen LogP contribution in [0.2, 0.25) is 0 Å². The van der Waals surface area contributed by atoms with E-state index in [1.54, 1.807) is 19.1 Å². The number of carbonyl (C=O) groups excluding carboxylic acids is 1. The van der Waals surface area contributed by atoms with Gasteiger partial charge in [0.2, 0.25) is 0 Å². The van der Waals surface area contributed by atoms with Crippen LogP contribution in [0.3, 0.4) is 0 Å². The molecule has 33 heavy (non-hydrogen) atoms. The van der Waals surface area contributed by atoms with Gasteiger partial charge in [-0.3, -0.25) is 20.4 Å². The number of nitrogens with one attached hydrogen (secondary N) is 4. The summed E-state index contributed by atoms with van der Waals surface area (Å²) in [6.07, 6.45) is 2.14. The van der Waals surface area contributed by atoms with Gasteiger partial charge in [0.05, 0.1) is 12.7 Å². The minimum absolute atomic E-state index is 0.00811. The lowest BCUT2D eigenvalue weighted by Crippen LogP contribution is -2.48. The van der Waals surface area contributed by atoms with E-state index in [9.17, 15) is 13.2 Å². The fraction of sp³-hybridized carbons (Fsp3) is 0.333. The molecule has 4 N–H and O–H groups in total. The van der Waals surface area contributed by atoms with Crippen molar-refractivity contribution in [2.24, 2.45) is 0 Å². The molecule has 2 aromatic rings. The fourth-order valence-electron chi connectivity index (χ4n) is 3.11. The molecule has 178 valence electrons. The molecule has 0 aromatic heterocycles. The monoisotopic (exact) mass is 556 g/mol. The van der Waals surface area contributed by atoms with Gasteiger partial charge in [-0.25, -0.2) is 8.42 Å². The lowest BCUT2D eigenvalue weighted by atomic mass is 10.2. The fourth-order valence-corrected chi connectivity index (χ4v) is 4.99. The Morgan fingerprint density at radius 1 is 1.21 bits per heavy atom. The van der Waals surface area contributed by atoms with Gasteiger partial charge in [-0.05, 0) is 74.4 Å². The number of carbonyl (C=O) groups is 1. The van der Waals surface area contributed by atoms with Crippen molar-refractivity contribution in [3.63, 3.8) is 0 Å². The van der Waals surface area contributed by atoms with Crippen molar-refractivity contribution in [1.82, 2.24) is 16.2 Å². The first kappa shape index (κ1) is 25.2. The van der Waals surface area contributed by atoms with E-state index in [1.807, 2.05) is 0 Å². The van der Waals surface area contributed by atoms with Crippen molar-refractivity contribution in [3.05, 3.63) is 52.5 Å². The smallest absolute Gasteiger partial charge is 0.269 e. The van der Waals surface area contributed by atoms with Gasteiger partial charge in [-0.1, -0.05) is 15.9 Å². The second-order valence-electron chi connectivity index (χ2n) is 7.13. The highest BCUT2D eigenvalue weighted by atomic mass is 79.9. The van der Waals surface area contributed by atoms with Crippen molar-refractivity contribution >= 4 is 54.9 Å². The molecule has 3 rings (SSSR count). The molecule has 9 nitrogen and oxygen atoms in total. The molecule has 1 aliphatic heterocycles. The number of halogens is 1. The zero-order valence-electron chi connectivity index (χ0n) is 17.9. The van der Waals surface area contributed by atoms with Crippen LogP contribution in [-0.4, -0.2) is 45.3 Å². The first-order valence-electron chi connectivity index (χ1n) is 10.3. The summed E-state index contributed by atoms with van der Waals surface area (Å²) in [5.74, 6) is -0.171. The number of benzene rings is 2. The molecule has 1 atom stereocenters. The van der Waals surface area contributed by atoms with E-state index < -0.39 is 15.9 Å². The van der Waals surface area contributed by atoms with Crippen LogP contribution >= 0.6 is 28.1 Å². The van der Waals surface area contributed by atoms with Crippen molar-refractivity contribution in [2.75, 3.05) is 24.5 Å². The third kappa shape index (κ3) is 7.29. The summed E-state index contributed by atoms with van der Waals surface area (Å²) in [7, 11) is -3.91. The number of hydrogen-bond donors (Lipinski definition) is 4. The van der Waals surface area contributed by atoms with E-state index in [2.05, 4.69) is 36.8 Å². The first-order chi connectivity index (χ1) is 15.8. The van der Waals surface area contributed by atoms with Crippen molar-refractivity contribution in [1.29, 1.82) is 0 Å². The normalized spacial score (nSPS) is 15.5. The standard InChI is InChI=1S/C21H25BrN4O5S2/c1-2-30-18-10-7-15(22)12-19(18)33(28,29)26-16-8-5-14(6-9-16)20(27)24-25-21(32)23-13-17-4-3-11-31-17/h5-10,12,17,26H,2-4,11,13H2,1H3,(H,24,27)(H2,23,25,32)/t17-/m1/s1. The number of ether oxygens (including phenoxy) is 2. The Morgan fingerprint density at radius 3 is 2.64 bits per heavy atom. The van der Waals surface area contributed by atoms with Crippen LogP contribution in [0.4, 0.5) is 5.69 Å². The van der Waals surface area contributed by atoms with Crippen LogP contribution < -0.4 is 25.6 Å². The summed E-state index contributed by atoms with van der Waals surface area (Å²) in [5.41, 5.74) is 5.77. The summed E-state index contributed by atoms with van der Waals surface area (Å²) in [6, 6.07) is 10.8. The van der Waals surface area contributed by atoms with Crippen LogP contribution in [0, 0.1) is 0 Å². The zero-order valence-corrected chi connectivity index (χ0v) is 21.1. The molecular weight excluding hydrogens is 532 g/mol. The van der Waals surface area contributed by atoms with Gasteiger partial charge < -0.3 is 14.8 Å². The van der Waals surface area contributed by atoms with E-state index >= 15 is 0 Å². The molecule has 0 bridgehead atoms. The van der Waals surface area contributed by atoms with E-state index in [1.165, 1.54) is 30.3 Å². The highest BCUT2D eigenvalue weighted by Crippen LogP contribution is 2.29. The third-order valence-electron chi connectivity index (χ3n) is 4.70. The van der Waals surface area contributed by atoms with Gasteiger partial charge in [-0.15, -0.1) is 0 Å². The molecule has 1 amide bonds. The maximum absolute atomic E-state index is 12.9. The molecule has 0 unspecified atom stereocenters. The zero-order chi connectivity index (χ0) is 23.8. The summed E-state index contributed by atoms with van der Waals surface area (Å²) in [5, 5.41) is 3.27. The highest BCUT2D eigenvalue weighted by Gasteiger charge is 2.21. The van der Waals surface area contributed by atoms with Gasteiger partial charge >= 0.3 is 0 Å². The third-order valence-corrected chi connectivity index (χ3v) is 6.84. The maximum Gasteiger partial charge on any atom is 0.269 e. The lowest BCUT2D eigenvalue weighted by molar-refractivity contribution is 0.0943. The summed E-state index contributed by atoms with van der Waals surface area (Å²) in [6.45, 7) is 3.43. The van der Waals surface area contributed by atoms with Crippen LogP contribution in [0.1, 0.15) is 30.1 Å². The molecule has 0 saturated carbocycles. The molecule has 1 saturated heterocycles. The molecule has 12 heteroatoms. The number of rotatable bonds is 8. The number of hydrogen-bond acceptors (Lipinski definition) is 6. The Bertz CT molecular complexity index is 1090. The van der Waals surface area contributed by atoms with Gasteiger partial charge in [-0.2, -0.15) is 0 Å². The Hall–Kier alpha value is -2.41. The van der Waals surface area contributed by atoms with Gasteiger partial charge in [0.15, 0.2) is 5.11 Å². The molecule has 2 aromatic carbocycles. The van der Waals surface area contributed by atoms with Crippen LogP contribution in [0.25, 0.3) is 0 Å². The van der Waals surface area contributed by atoms with Crippen molar-refractivity contribution in [2.45, 2.75) is 30.8 Å². The molecule has 0 radical (unpaired) electrons. The minimum atomic E-state index is -3.91. The van der Waals surface area contributed by atoms with E-state index in [4.69, 9.17) is 21.7 Å². The minimum Gasteiger partial charge on any atom is -0.492 e. The number of hydrazine groups is 1. The predicted octanol–water partition coefficient (Wildman–Crippen LogP) is 2.94. The van der Waals surface area contributed by atoms with Crippen LogP contribution in [0.15, 0.2) is 51.8 Å². The van der Waals surface area contributed by atoms with Crippen LogP contribution in [0.5, 0.6) is 5.75 Å². The number of amides is 1. The lowest BCUT2D eigenvalue weighted by Gasteiger charge is -2.15. The molecule has 0 spiro atoms. The Labute approximate surface area is 206 Å². The molecule has 0 aliphatic carbocycles. The van der Waals surface area contributed by atoms with Crippen molar-refractivity contribution in [3.8, 4) is 5.75 Å².